The smallest absolute Gasteiger partial charge is 0.323 e. The Bertz CT molecular complexity index is 401. The summed E-state index contributed by atoms with van der Waals surface area (Å²) >= 11 is 0. The maximum atomic E-state index is 11.5. The van der Waals surface area contributed by atoms with Crippen LogP contribution in [0.5, 0.6) is 0 Å². The van der Waals surface area contributed by atoms with Crippen molar-refractivity contribution in [2.24, 2.45) is 0 Å². The lowest BCUT2D eigenvalue weighted by molar-refractivity contribution is 0.305. The first-order valence-electron chi connectivity index (χ1n) is 5.35. The van der Waals surface area contributed by atoms with E-state index in [9.17, 15) is 4.57 Å². The standard InChI is InChI=1S/C12H16O3P/c1-8-4-9(2)11(10(3)5-8)6-15-16(13)12-7-14-12/h4-5,12H,6-7H2,1-3H3/q+1. The van der Waals surface area contributed by atoms with Crippen molar-refractivity contribution in [3.05, 3.63) is 34.4 Å². The highest BCUT2D eigenvalue weighted by Gasteiger charge is 2.45. The second-order valence-corrected chi connectivity index (χ2v) is 5.63. The van der Waals surface area contributed by atoms with Crippen molar-refractivity contribution in [2.75, 3.05) is 6.61 Å². The molecule has 86 valence electrons. The summed E-state index contributed by atoms with van der Waals surface area (Å²) in [7, 11) is -1.66. The van der Waals surface area contributed by atoms with Crippen LogP contribution in [-0.4, -0.2) is 12.5 Å². The molecule has 0 radical (unpaired) electrons. The maximum Gasteiger partial charge on any atom is 0.543 e. The van der Waals surface area contributed by atoms with Gasteiger partial charge in [-0.05, 0) is 42.0 Å². The second kappa shape index (κ2) is 4.62. The first-order valence-corrected chi connectivity index (χ1v) is 6.60. The molecule has 1 fully saturated rings. The molecule has 0 bridgehead atoms. The van der Waals surface area contributed by atoms with E-state index in [1.807, 2.05) is 0 Å². The van der Waals surface area contributed by atoms with Gasteiger partial charge in [-0.1, -0.05) is 17.7 Å². The van der Waals surface area contributed by atoms with Crippen molar-refractivity contribution in [2.45, 2.75) is 33.2 Å². The van der Waals surface area contributed by atoms with Crippen molar-refractivity contribution >= 4 is 8.03 Å². The Labute approximate surface area is 96.6 Å². The van der Waals surface area contributed by atoms with Crippen LogP contribution in [-0.2, 0) is 20.4 Å². The molecule has 16 heavy (non-hydrogen) atoms. The molecule has 2 unspecified atom stereocenters. The first-order chi connectivity index (χ1) is 7.58. The Morgan fingerprint density at radius 2 is 1.94 bits per heavy atom. The van der Waals surface area contributed by atoms with E-state index in [0.29, 0.717) is 13.2 Å². The zero-order chi connectivity index (χ0) is 11.7. The second-order valence-electron chi connectivity index (χ2n) is 4.22. The lowest BCUT2D eigenvalue weighted by Gasteiger charge is -2.07. The lowest BCUT2D eigenvalue weighted by Crippen LogP contribution is -1.96. The fraction of sp³-hybridized carbons (Fsp3) is 0.500. The molecule has 2 rings (SSSR count). The van der Waals surface area contributed by atoms with Crippen molar-refractivity contribution in [1.82, 2.24) is 0 Å². The molecule has 1 aliphatic rings. The summed E-state index contributed by atoms with van der Waals surface area (Å²) in [4.78, 5) is 0. The van der Waals surface area contributed by atoms with Crippen molar-refractivity contribution in [3.8, 4) is 0 Å². The number of benzene rings is 1. The van der Waals surface area contributed by atoms with Gasteiger partial charge in [-0.15, -0.1) is 4.52 Å². The Balaban J connectivity index is 2.05. The van der Waals surface area contributed by atoms with E-state index in [2.05, 4.69) is 32.9 Å². The summed E-state index contributed by atoms with van der Waals surface area (Å²) in [6.45, 7) is 7.16. The number of hydrogen-bond acceptors (Lipinski definition) is 3. The van der Waals surface area contributed by atoms with E-state index < -0.39 is 8.03 Å². The largest absolute Gasteiger partial charge is 0.543 e. The topological polar surface area (TPSA) is 38.8 Å². The molecule has 1 aromatic carbocycles. The molecule has 0 saturated carbocycles. The quantitative estimate of drug-likeness (QED) is 0.598. The van der Waals surface area contributed by atoms with Crippen molar-refractivity contribution in [1.29, 1.82) is 0 Å². The number of rotatable bonds is 4. The highest BCUT2D eigenvalue weighted by Crippen LogP contribution is 2.39. The SMILES string of the molecule is Cc1cc(C)c(CO[P+](=O)C2CO2)c(C)c1. The molecule has 0 aliphatic carbocycles. The molecule has 1 saturated heterocycles. The summed E-state index contributed by atoms with van der Waals surface area (Å²) in [6.07, 6.45) is 0. The zero-order valence-electron chi connectivity index (χ0n) is 9.82. The van der Waals surface area contributed by atoms with Crippen LogP contribution in [0.1, 0.15) is 22.3 Å². The third kappa shape index (κ3) is 2.67. The fourth-order valence-electron chi connectivity index (χ4n) is 1.81. The number of aryl methyl sites for hydroxylation is 3. The van der Waals surface area contributed by atoms with Gasteiger partial charge in [-0.3, -0.25) is 0 Å². The van der Waals surface area contributed by atoms with E-state index in [-0.39, 0.29) is 5.85 Å². The molecule has 0 N–H and O–H groups in total. The van der Waals surface area contributed by atoms with E-state index in [1.165, 1.54) is 16.7 Å². The third-order valence-corrected chi connectivity index (χ3v) is 3.88. The number of hydrogen-bond donors (Lipinski definition) is 0. The summed E-state index contributed by atoms with van der Waals surface area (Å²) in [5, 5.41) is 0. The summed E-state index contributed by atoms with van der Waals surface area (Å²) in [5.41, 5.74) is 4.76. The lowest BCUT2D eigenvalue weighted by atomic mass is 10.0. The number of epoxide rings is 1. The molecule has 1 aromatic rings. The summed E-state index contributed by atoms with van der Waals surface area (Å²) in [5.74, 6) is -0.166. The van der Waals surface area contributed by atoms with Gasteiger partial charge in [0.05, 0.1) is 0 Å². The maximum absolute atomic E-state index is 11.5. The van der Waals surface area contributed by atoms with Crippen molar-refractivity contribution < 1.29 is 13.8 Å². The third-order valence-electron chi connectivity index (χ3n) is 2.73. The highest BCUT2D eigenvalue weighted by molar-refractivity contribution is 7.40. The Morgan fingerprint density at radius 1 is 1.38 bits per heavy atom. The molecule has 4 heteroatoms. The average Bonchev–Trinajstić information content (AvgIpc) is 2.98. The predicted molar refractivity (Wildman–Crippen MR) is 62.8 cm³/mol. The van der Waals surface area contributed by atoms with E-state index in [0.717, 1.165) is 5.56 Å². The molecular weight excluding hydrogens is 223 g/mol. The van der Waals surface area contributed by atoms with Crippen LogP contribution in [0.2, 0.25) is 0 Å². The van der Waals surface area contributed by atoms with Crippen LogP contribution >= 0.6 is 8.03 Å². The zero-order valence-corrected chi connectivity index (χ0v) is 10.7. The van der Waals surface area contributed by atoms with Crippen LogP contribution in [0.25, 0.3) is 0 Å². The molecule has 3 nitrogen and oxygen atoms in total. The first kappa shape index (κ1) is 11.7. The molecule has 0 spiro atoms. The van der Waals surface area contributed by atoms with Crippen LogP contribution < -0.4 is 0 Å². The van der Waals surface area contributed by atoms with Crippen molar-refractivity contribution in [3.63, 3.8) is 0 Å². The van der Waals surface area contributed by atoms with Gasteiger partial charge in [0.25, 0.3) is 0 Å². The van der Waals surface area contributed by atoms with Crippen LogP contribution in [0, 0.1) is 20.8 Å². The average molecular weight is 239 g/mol. The Hall–Kier alpha value is -0.760. The summed E-state index contributed by atoms with van der Waals surface area (Å²) < 4.78 is 21.7. The van der Waals surface area contributed by atoms with E-state index in [1.54, 1.807) is 0 Å². The fourth-order valence-corrected chi connectivity index (χ4v) is 2.57. The van der Waals surface area contributed by atoms with Gasteiger partial charge in [0, 0.05) is 0 Å². The molecule has 0 amide bonds. The Morgan fingerprint density at radius 3 is 2.44 bits per heavy atom. The molecule has 2 atom stereocenters. The van der Waals surface area contributed by atoms with E-state index >= 15 is 0 Å². The van der Waals surface area contributed by atoms with Crippen LogP contribution in [0.4, 0.5) is 0 Å². The van der Waals surface area contributed by atoms with Gasteiger partial charge in [0.2, 0.25) is 0 Å². The van der Waals surface area contributed by atoms with Gasteiger partial charge in [0.15, 0.2) is 0 Å². The van der Waals surface area contributed by atoms with E-state index in [4.69, 9.17) is 9.26 Å². The van der Waals surface area contributed by atoms with Gasteiger partial charge in [-0.25, -0.2) is 0 Å². The van der Waals surface area contributed by atoms with Gasteiger partial charge in [0.1, 0.15) is 13.2 Å². The minimum Gasteiger partial charge on any atom is -0.323 e. The molecule has 1 heterocycles. The van der Waals surface area contributed by atoms with Gasteiger partial charge >= 0.3 is 13.9 Å². The minimum absolute atomic E-state index is 0.166. The molecular formula is C12H16O3P+. The molecule has 0 aromatic heterocycles. The normalized spacial score (nSPS) is 19.7. The summed E-state index contributed by atoms with van der Waals surface area (Å²) in [6, 6.07) is 4.23. The monoisotopic (exact) mass is 239 g/mol. The van der Waals surface area contributed by atoms with Crippen LogP contribution in [0.3, 0.4) is 0 Å². The Kier molecular flexibility index (Phi) is 3.38. The predicted octanol–water partition coefficient (Wildman–Crippen LogP) is 3.23. The van der Waals surface area contributed by atoms with Gasteiger partial charge in [-0.2, -0.15) is 0 Å². The number of ether oxygens (including phenoxy) is 1. The minimum atomic E-state index is -1.66. The highest BCUT2D eigenvalue weighted by atomic mass is 31.1. The van der Waals surface area contributed by atoms with Crippen LogP contribution in [0.15, 0.2) is 12.1 Å². The molecule has 1 aliphatic heterocycles. The van der Waals surface area contributed by atoms with Gasteiger partial charge < -0.3 is 4.74 Å².